The third-order valence-corrected chi connectivity index (χ3v) is 3.56. The van der Waals surface area contributed by atoms with E-state index in [-0.39, 0.29) is 18.7 Å². The number of aromatic nitrogens is 2. The van der Waals surface area contributed by atoms with Gasteiger partial charge in [-0.05, 0) is 17.7 Å². The molecular weight excluding hydrogens is 292 g/mol. The van der Waals surface area contributed by atoms with Gasteiger partial charge in [-0.25, -0.2) is 4.98 Å². The molecular formula is C18H18N2O3. The van der Waals surface area contributed by atoms with Gasteiger partial charge in [0.25, 0.3) is 5.56 Å². The zero-order valence-electron chi connectivity index (χ0n) is 12.6. The Labute approximate surface area is 133 Å². The van der Waals surface area contributed by atoms with E-state index in [1.807, 2.05) is 36.4 Å². The maximum atomic E-state index is 12.3. The summed E-state index contributed by atoms with van der Waals surface area (Å²) in [7, 11) is 0. The quantitative estimate of drug-likeness (QED) is 0.756. The Morgan fingerprint density at radius 2 is 1.83 bits per heavy atom. The summed E-state index contributed by atoms with van der Waals surface area (Å²) in [6.07, 6.45) is 0.699. The van der Waals surface area contributed by atoms with Gasteiger partial charge < -0.3 is 9.84 Å². The third-order valence-electron chi connectivity index (χ3n) is 3.56. The summed E-state index contributed by atoms with van der Waals surface area (Å²) in [5, 5.41) is 10.6. The lowest BCUT2D eigenvalue weighted by Gasteiger charge is -2.13. The fourth-order valence-electron chi connectivity index (χ4n) is 2.40. The van der Waals surface area contributed by atoms with Crippen molar-refractivity contribution in [2.75, 3.05) is 6.61 Å². The molecule has 5 nitrogen and oxygen atoms in total. The second-order valence-corrected chi connectivity index (χ2v) is 5.37. The molecule has 1 heterocycles. The van der Waals surface area contributed by atoms with E-state index in [9.17, 15) is 9.90 Å². The van der Waals surface area contributed by atoms with Crippen LogP contribution in [-0.2, 0) is 17.9 Å². The lowest BCUT2D eigenvalue weighted by molar-refractivity contribution is 0.0198. The topological polar surface area (TPSA) is 64.4 Å². The van der Waals surface area contributed by atoms with Crippen LogP contribution in [0.25, 0.3) is 10.9 Å². The van der Waals surface area contributed by atoms with Crippen LogP contribution in [0.4, 0.5) is 0 Å². The molecule has 0 fully saturated rings. The smallest absolute Gasteiger partial charge is 0.261 e. The van der Waals surface area contributed by atoms with Gasteiger partial charge in [-0.1, -0.05) is 42.5 Å². The number of hydrogen-bond donors (Lipinski definition) is 1. The number of para-hydroxylation sites is 1. The highest BCUT2D eigenvalue weighted by atomic mass is 16.5. The van der Waals surface area contributed by atoms with Crippen LogP contribution in [0.3, 0.4) is 0 Å². The number of benzene rings is 2. The number of ether oxygens (including phenoxy) is 1. The molecule has 0 saturated heterocycles. The van der Waals surface area contributed by atoms with Crippen LogP contribution in [-0.4, -0.2) is 27.4 Å². The zero-order valence-corrected chi connectivity index (χ0v) is 12.6. The lowest BCUT2D eigenvalue weighted by atomic mass is 10.2. The maximum Gasteiger partial charge on any atom is 0.261 e. The molecule has 118 valence electrons. The first kappa shape index (κ1) is 15.4. The van der Waals surface area contributed by atoms with Crippen molar-refractivity contribution in [3.05, 3.63) is 76.8 Å². The van der Waals surface area contributed by atoms with E-state index >= 15 is 0 Å². The summed E-state index contributed by atoms with van der Waals surface area (Å²) in [6.45, 7) is 0.752. The largest absolute Gasteiger partial charge is 0.389 e. The average Bonchev–Trinajstić information content (AvgIpc) is 2.59. The first-order chi connectivity index (χ1) is 11.2. The van der Waals surface area contributed by atoms with E-state index in [1.165, 1.54) is 10.9 Å². The molecule has 3 rings (SSSR count). The van der Waals surface area contributed by atoms with Gasteiger partial charge in [0, 0.05) is 0 Å². The molecule has 1 N–H and O–H groups in total. The SMILES string of the molecule is O=c1c2ccccc2ncn1CC(O)COCc1ccccc1. The molecule has 1 unspecified atom stereocenters. The normalized spacial score (nSPS) is 12.4. The molecule has 1 aromatic heterocycles. The van der Waals surface area contributed by atoms with Crippen molar-refractivity contribution in [2.45, 2.75) is 19.3 Å². The van der Waals surface area contributed by atoms with Gasteiger partial charge >= 0.3 is 0 Å². The average molecular weight is 310 g/mol. The summed E-state index contributed by atoms with van der Waals surface area (Å²) in [4.78, 5) is 16.6. The molecule has 3 aromatic rings. The number of aliphatic hydroxyl groups is 1. The minimum absolute atomic E-state index is 0.155. The number of fused-ring (bicyclic) bond motifs is 1. The Hall–Kier alpha value is -2.50. The van der Waals surface area contributed by atoms with Crippen LogP contribution in [0.1, 0.15) is 5.56 Å². The molecule has 2 aromatic carbocycles. The van der Waals surface area contributed by atoms with Crippen LogP contribution in [0.2, 0.25) is 0 Å². The molecule has 0 radical (unpaired) electrons. The van der Waals surface area contributed by atoms with Crippen molar-refractivity contribution in [1.82, 2.24) is 9.55 Å². The number of hydrogen-bond acceptors (Lipinski definition) is 4. The molecule has 5 heteroatoms. The van der Waals surface area contributed by atoms with Crippen molar-refractivity contribution in [1.29, 1.82) is 0 Å². The van der Waals surface area contributed by atoms with Crippen LogP contribution >= 0.6 is 0 Å². The van der Waals surface area contributed by atoms with Gasteiger partial charge in [-0.15, -0.1) is 0 Å². The van der Waals surface area contributed by atoms with Gasteiger partial charge in [-0.3, -0.25) is 9.36 Å². The Balaban J connectivity index is 1.60. The molecule has 0 amide bonds. The van der Waals surface area contributed by atoms with Gasteiger partial charge in [-0.2, -0.15) is 0 Å². The third kappa shape index (κ3) is 3.83. The molecule has 0 spiro atoms. The predicted octanol–water partition coefficient (Wildman–Crippen LogP) is 1.97. The summed E-state index contributed by atoms with van der Waals surface area (Å²) in [5.74, 6) is 0. The van der Waals surface area contributed by atoms with Crippen molar-refractivity contribution in [3.8, 4) is 0 Å². The number of rotatable bonds is 6. The van der Waals surface area contributed by atoms with Crippen molar-refractivity contribution in [3.63, 3.8) is 0 Å². The van der Waals surface area contributed by atoms with Gasteiger partial charge in [0.1, 0.15) is 0 Å². The molecule has 0 saturated carbocycles. The Morgan fingerprint density at radius 3 is 2.65 bits per heavy atom. The van der Waals surface area contributed by atoms with E-state index in [4.69, 9.17) is 4.74 Å². The molecule has 23 heavy (non-hydrogen) atoms. The fraction of sp³-hybridized carbons (Fsp3) is 0.222. The van der Waals surface area contributed by atoms with E-state index in [1.54, 1.807) is 18.2 Å². The Morgan fingerprint density at radius 1 is 1.09 bits per heavy atom. The van der Waals surface area contributed by atoms with Crippen molar-refractivity contribution >= 4 is 10.9 Å². The van der Waals surface area contributed by atoms with Crippen LogP contribution in [0.5, 0.6) is 0 Å². The van der Waals surface area contributed by atoms with Gasteiger partial charge in [0.05, 0.1) is 43.1 Å². The summed E-state index contributed by atoms with van der Waals surface area (Å²) < 4.78 is 6.91. The van der Waals surface area contributed by atoms with E-state index in [2.05, 4.69) is 4.98 Å². The Bertz CT molecular complexity index is 830. The molecule has 0 aliphatic heterocycles. The predicted molar refractivity (Wildman–Crippen MR) is 88.1 cm³/mol. The van der Waals surface area contributed by atoms with Crippen LogP contribution in [0.15, 0.2) is 65.7 Å². The highest BCUT2D eigenvalue weighted by molar-refractivity contribution is 5.76. The van der Waals surface area contributed by atoms with Crippen LogP contribution < -0.4 is 5.56 Å². The second-order valence-electron chi connectivity index (χ2n) is 5.37. The number of nitrogens with zero attached hydrogens (tertiary/aromatic N) is 2. The van der Waals surface area contributed by atoms with E-state index < -0.39 is 6.10 Å². The highest BCUT2D eigenvalue weighted by Gasteiger charge is 2.09. The minimum Gasteiger partial charge on any atom is -0.389 e. The lowest BCUT2D eigenvalue weighted by Crippen LogP contribution is -2.29. The molecule has 0 aliphatic rings. The molecule has 1 atom stereocenters. The van der Waals surface area contributed by atoms with E-state index in [0.29, 0.717) is 17.5 Å². The van der Waals surface area contributed by atoms with Gasteiger partial charge in [0.2, 0.25) is 0 Å². The second kappa shape index (κ2) is 7.17. The summed E-state index contributed by atoms with van der Waals surface area (Å²) in [5.41, 5.74) is 1.55. The summed E-state index contributed by atoms with van der Waals surface area (Å²) in [6, 6.07) is 16.9. The zero-order chi connectivity index (χ0) is 16.1. The Kier molecular flexibility index (Phi) is 4.80. The standard InChI is InChI=1S/C18H18N2O3/c21-15(12-23-11-14-6-2-1-3-7-14)10-20-13-19-17-9-5-4-8-16(17)18(20)22/h1-9,13,15,21H,10-12H2. The monoisotopic (exact) mass is 310 g/mol. The molecule has 0 aliphatic carbocycles. The first-order valence-corrected chi connectivity index (χ1v) is 7.48. The maximum absolute atomic E-state index is 12.3. The first-order valence-electron chi connectivity index (χ1n) is 7.48. The summed E-state index contributed by atoms with van der Waals surface area (Å²) >= 11 is 0. The number of aliphatic hydroxyl groups excluding tert-OH is 1. The minimum atomic E-state index is -0.764. The van der Waals surface area contributed by atoms with E-state index in [0.717, 1.165) is 5.56 Å². The fourth-order valence-corrected chi connectivity index (χ4v) is 2.40. The van der Waals surface area contributed by atoms with Crippen LogP contribution in [0, 0.1) is 0 Å². The van der Waals surface area contributed by atoms with Crippen molar-refractivity contribution < 1.29 is 9.84 Å². The highest BCUT2D eigenvalue weighted by Crippen LogP contribution is 2.05. The van der Waals surface area contributed by atoms with Crippen molar-refractivity contribution in [2.24, 2.45) is 0 Å². The molecule has 0 bridgehead atoms. The van der Waals surface area contributed by atoms with Gasteiger partial charge in [0.15, 0.2) is 0 Å².